The smallest absolute Gasteiger partial charge is 0.408 e. The minimum Gasteiger partial charge on any atom is -0.508 e. The van der Waals surface area contributed by atoms with E-state index in [-0.39, 0.29) is 23.5 Å². The molecule has 0 radical (unpaired) electrons. The number of carbonyl (C=O) groups excluding carboxylic acids is 3. The van der Waals surface area contributed by atoms with E-state index in [1.807, 2.05) is 20.8 Å². The number of ether oxygens (including phenoxy) is 1. The predicted molar refractivity (Wildman–Crippen MR) is 135 cm³/mol. The minimum atomic E-state index is -0.970. The number of aromatic hydroxyl groups is 1. The molecule has 1 saturated carbocycles. The van der Waals surface area contributed by atoms with Crippen LogP contribution < -0.4 is 10.6 Å². The van der Waals surface area contributed by atoms with E-state index in [9.17, 15) is 19.5 Å². The molecule has 1 fully saturated rings. The van der Waals surface area contributed by atoms with Gasteiger partial charge in [-0.25, -0.2) is 4.79 Å². The van der Waals surface area contributed by atoms with Gasteiger partial charge in [0.2, 0.25) is 11.8 Å². The number of alkyl carbamates (subject to hydrolysis) is 1. The van der Waals surface area contributed by atoms with Crippen LogP contribution in [-0.2, 0) is 14.3 Å². The fraction of sp³-hybridized carbons (Fsp3) is 0.640. The van der Waals surface area contributed by atoms with Gasteiger partial charge in [0.05, 0.1) is 0 Å². The molecule has 3 amide bonds. The summed E-state index contributed by atoms with van der Waals surface area (Å²) in [6, 6.07) is 2.85. The summed E-state index contributed by atoms with van der Waals surface area (Å²) in [4.78, 5) is 41.4. The first-order valence-corrected chi connectivity index (χ1v) is 12.3. The summed E-state index contributed by atoms with van der Waals surface area (Å²) in [5, 5.41) is 15.6. The van der Waals surface area contributed by atoms with E-state index in [1.165, 1.54) is 6.07 Å². The first-order valence-electron chi connectivity index (χ1n) is 11.7. The number of thiol groups is 1. The zero-order chi connectivity index (χ0) is 25.8. The average Bonchev–Trinajstić information content (AvgIpc) is 2.63. The highest BCUT2D eigenvalue weighted by Crippen LogP contribution is 2.35. The van der Waals surface area contributed by atoms with Gasteiger partial charge in [-0.2, -0.15) is 12.6 Å². The number of benzene rings is 1. The summed E-state index contributed by atoms with van der Waals surface area (Å²) < 4.78 is 5.33. The number of nitrogens with one attached hydrogen (secondary N) is 2. The van der Waals surface area contributed by atoms with Gasteiger partial charge in [0.1, 0.15) is 23.4 Å². The Bertz CT molecular complexity index is 903. The standard InChI is InChI=1S/C25H39N3O5S/c1-15-13-16(11-12-19(15)29)20(21(30)27-24(2,3)4)28(17-9-8-10-17)22(31)18(14-34)26-23(32)33-25(5,6)7/h11-13,17-18,20,29,34H,8-10,14H2,1-7H3,(H,26,32)(H,27,30). The van der Waals surface area contributed by atoms with E-state index >= 15 is 0 Å². The summed E-state index contributed by atoms with van der Waals surface area (Å²) in [7, 11) is 0. The number of phenolic OH excluding ortho intramolecular Hbond substituents is 1. The average molecular weight is 494 g/mol. The van der Waals surface area contributed by atoms with Gasteiger partial charge < -0.3 is 25.4 Å². The van der Waals surface area contributed by atoms with Crippen LogP contribution in [0.15, 0.2) is 18.2 Å². The van der Waals surface area contributed by atoms with Gasteiger partial charge >= 0.3 is 6.09 Å². The summed E-state index contributed by atoms with van der Waals surface area (Å²) >= 11 is 4.31. The number of hydrogen-bond acceptors (Lipinski definition) is 6. The molecule has 0 spiro atoms. The first kappa shape index (κ1) is 27.8. The Kier molecular flexibility index (Phi) is 8.91. The third kappa shape index (κ3) is 7.55. The molecule has 8 nitrogen and oxygen atoms in total. The maximum absolute atomic E-state index is 13.8. The van der Waals surface area contributed by atoms with Gasteiger partial charge in [-0.3, -0.25) is 9.59 Å². The minimum absolute atomic E-state index is 0.0452. The Morgan fingerprint density at radius 1 is 1.18 bits per heavy atom. The van der Waals surface area contributed by atoms with E-state index in [0.29, 0.717) is 11.1 Å². The molecule has 0 aliphatic heterocycles. The molecule has 190 valence electrons. The molecular formula is C25H39N3O5S. The second-order valence-electron chi connectivity index (χ2n) is 10.9. The molecule has 2 atom stereocenters. The van der Waals surface area contributed by atoms with Crippen LogP contribution in [0.3, 0.4) is 0 Å². The topological polar surface area (TPSA) is 108 Å². The summed E-state index contributed by atoms with van der Waals surface area (Å²) in [6.45, 7) is 12.6. The maximum atomic E-state index is 13.8. The molecule has 3 N–H and O–H groups in total. The van der Waals surface area contributed by atoms with Crippen molar-refractivity contribution in [2.24, 2.45) is 0 Å². The van der Waals surface area contributed by atoms with Crippen molar-refractivity contribution in [3.8, 4) is 5.75 Å². The van der Waals surface area contributed by atoms with E-state index in [0.717, 1.165) is 19.3 Å². The lowest BCUT2D eigenvalue weighted by molar-refractivity contribution is -0.147. The molecule has 34 heavy (non-hydrogen) atoms. The third-order valence-electron chi connectivity index (χ3n) is 5.46. The van der Waals surface area contributed by atoms with Crippen LogP contribution in [0.25, 0.3) is 0 Å². The molecule has 1 aromatic rings. The number of aryl methyl sites for hydroxylation is 1. The van der Waals surface area contributed by atoms with Crippen LogP contribution in [0.1, 0.15) is 78.0 Å². The molecule has 1 aliphatic rings. The molecule has 9 heteroatoms. The number of amides is 3. The Morgan fingerprint density at radius 3 is 2.24 bits per heavy atom. The van der Waals surface area contributed by atoms with Gasteiger partial charge in [-0.1, -0.05) is 6.07 Å². The van der Waals surface area contributed by atoms with Crippen molar-refractivity contribution < 1.29 is 24.2 Å². The number of carbonyl (C=O) groups is 3. The molecule has 1 aliphatic carbocycles. The van der Waals surface area contributed by atoms with Gasteiger partial charge in [-0.05, 0) is 91.0 Å². The Balaban J connectivity index is 2.48. The van der Waals surface area contributed by atoms with Crippen LogP contribution >= 0.6 is 12.6 Å². The highest BCUT2D eigenvalue weighted by Gasteiger charge is 2.42. The van der Waals surface area contributed by atoms with Gasteiger partial charge in [0, 0.05) is 17.3 Å². The monoisotopic (exact) mass is 493 g/mol. The van der Waals surface area contributed by atoms with Crippen LogP contribution in [0.4, 0.5) is 4.79 Å². The summed E-state index contributed by atoms with van der Waals surface area (Å²) in [5.41, 5.74) is -0.0503. The van der Waals surface area contributed by atoms with Crippen molar-refractivity contribution in [3.63, 3.8) is 0 Å². The molecule has 1 aromatic carbocycles. The number of phenols is 1. The predicted octanol–water partition coefficient (Wildman–Crippen LogP) is 3.86. The van der Waals surface area contributed by atoms with E-state index in [2.05, 4.69) is 23.3 Å². The molecule has 0 saturated heterocycles. The van der Waals surface area contributed by atoms with Crippen molar-refractivity contribution >= 4 is 30.5 Å². The van der Waals surface area contributed by atoms with Crippen molar-refractivity contribution in [1.29, 1.82) is 0 Å². The van der Waals surface area contributed by atoms with Crippen LogP contribution in [0, 0.1) is 6.92 Å². The van der Waals surface area contributed by atoms with E-state index < -0.39 is 35.2 Å². The largest absolute Gasteiger partial charge is 0.508 e. The van der Waals surface area contributed by atoms with Crippen molar-refractivity contribution in [3.05, 3.63) is 29.3 Å². The highest BCUT2D eigenvalue weighted by atomic mass is 32.1. The molecule has 2 unspecified atom stereocenters. The van der Waals surface area contributed by atoms with Gasteiger partial charge in [-0.15, -0.1) is 0 Å². The molecular weight excluding hydrogens is 454 g/mol. The van der Waals surface area contributed by atoms with E-state index in [1.54, 1.807) is 44.7 Å². The fourth-order valence-corrected chi connectivity index (χ4v) is 3.97. The number of hydrogen-bond donors (Lipinski definition) is 4. The van der Waals surface area contributed by atoms with Crippen molar-refractivity contribution in [2.45, 2.75) is 97.0 Å². The van der Waals surface area contributed by atoms with Gasteiger partial charge in [0.25, 0.3) is 0 Å². The molecule has 0 heterocycles. The summed E-state index contributed by atoms with van der Waals surface area (Å²) in [6.07, 6.45) is 1.74. The summed E-state index contributed by atoms with van der Waals surface area (Å²) in [5.74, 6) is -0.567. The van der Waals surface area contributed by atoms with Crippen LogP contribution in [-0.4, -0.2) is 56.9 Å². The molecule has 2 rings (SSSR count). The van der Waals surface area contributed by atoms with Crippen LogP contribution in [0.5, 0.6) is 5.75 Å². The second-order valence-corrected chi connectivity index (χ2v) is 11.3. The molecule has 0 bridgehead atoms. The Labute approximate surface area is 208 Å². The quantitative estimate of drug-likeness (QED) is 0.432. The maximum Gasteiger partial charge on any atom is 0.408 e. The Morgan fingerprint density at radius 2 is 1.79 bits per heavy atom. The normalized spacial score (nSPS) is 16.1. The molecule has 0 aromatic heterocycles. The second kappa shape index (κ2) is 10.9. The van der Waals surface area contributed by atoms with Crippen molar-refractivity contribution in [1.82, 2.24) is 15.5 Å². The lowest BCUT2D eigenvalue weighted by Crippen LogP contribution is -2.59. The SMILES string of the molecule is Cc1cc(C(C(=O)NC(C)(C)C)N(C(=O)C(CS)NC(=O)OC(C)(C)C)C2CCC2)ccc1O. The Hall–Kier alpha value is -2.42. The van der Waals surface area contributed by atoms with Gasteiger partial charge in [0.15, 0.2) is 0 Å². The third-order valence-corrected chi connectivity index (χ3v) is 5.82. The highest BCUT2D eigenvalue weighted by molar-refractivity contribution is 7.80. The number of rotatable bonds is 7. The lowest BCUT2D eigenvalue weighted by atomic mass is 9.87. The van der Waals surface area contributed by atoms with Crippen molar-refractivity contribution in [2.75, 3.05) is 5.75 Å². The fourth-order valence-electron chi connectivity index (χ4n) is 3.72. The first-order chi connectivity index (χ1) is 15.6. The number of nitrogens with zero attached hydrogens (tertiary/aromatic N) is 1. The lowest BCUT2D eigenvalue weighted by Gasteiger charge is -2.44. The zero-order valence-corrected chi connectivity index (χ0v) is 22.2. The van der Waals surface area contributed by atoms with E-state index in [4.69, 9.17) is 4.74 Å². The zero-order valence-electron chi connectivity index (χ0n) is 21.3. The van der Waals surface area contributed by atoms with Crippen LogP contribution in [0.2, 0.25) is 0 Å².